The van der Waals surface area contributed by atoms with E-state index in [0.717, 1.165) is 10.9 Å². The molecule has 0 saturated heterocycles. The molecule has 0 amide bonds. The number of alkyl halides is 1. The average molecular weight is 497 g/mol. The van der Waals surface area contributed by atoms with Crippen LogP contribution in [0.5, 0.6) is 17.2 Å². The van der Waals surface area contributed by atoms with Gasteiger partial charge in [0.1, 0.15) is 0 Å². The van der Waals surface area contributed by atoms with Crippen molar-refractivity contribution in [2.45, 2.75) is 11.3 Å². The van der Waals surface area contributed by atoms with E-state index < -0.39 is 10.0 Å². The van der Waals surface area contributed by atoms with E-state index in [2.05, 4.69) is 15.9 Å². The topological polar surface area (TPSA) is 70.0 Å². The number of ether oxygens (including phenoxy) is 3. The zero-order chi connectivity index (χ0) is 21.9. The van der Waals surface area contributed by atoms with Gasteiger partial charge in [0.25, 0.3) is 10.0 Å². The highest BCUT2D eigenvalue weighted by Crippen LogP contribution is 2.40. The van der Waals surface area contributed by atoms with Crippen molar-refractivity contribution in [1.82, 2.24) is 4.57 Å². The van der Waals surface area contributed by atoms with Crippen molar-refractivity contribution in [1.29, 1.82) is 0 Å². The van der Waals surface area contributed by atoms with Crippen LogP contribution in [0.2, 0.25) is 0 Å². The van der Waals surface area contributed by atoms with Gasteiger partial charge in [-0.15, -0.1) is 0 Å². The van der Waals surface area contributed by atoms with Crippen molar-refractivity contribution in [2.24, 2.45) is 7.05 Å². The molecule has 1 aromatic heterocycles. The van der Waals surface area contributed by atoms with Gasteiger partial charge < -0.3 is 18.8 Å². The fourth-order valence-corrected chi connectivity index (χ4v) is 5.13. The molecule has 2 aromatic carbocycles. The van der Waals surface area contributed by atoms with Gasteiger partial charge in [-0.05, 0) is 30.7 Å². The second-order valence-corrected chi connectivity index (χ2v) is 9.31. The zero-order valence-electron chi connectivity index (χ0n) is 17.4. The highest BCUT2D eigenvalue weighted by atomic mass is 79.9. The minimum atomic E-state index is -3.89. The molecule has 0 unspecified atom stereocenters. The summed E-state index contributed by atoms with van der Waals surface area (Å²) in [4.78, 5) is 0.0692. The Morgan fingerprint density at radius 3 is 2.23 bits per heavy atom. The van der Waals surface area contributed by atoms with E-state index in [4.69, 9.17) is 14.2 Å². The normalized spacial score (nSPS) is 11.5. The minimum absolute atomic E-state index is 0.0692. The summed E-state index contributed by atoms with van der Waals surface area (Å²) < 4.78 is 46.8. The summed E-state index contributed by atoms with van der Waals surface area (Å²) in [5.74, 6) is 0.917. The van der Waals surface area contributed by atoms with Gasteiger partial charge in [-0.25, -0.2) is 8.42 Å². The predicted molar refractivity (Wildman–Crippen MR) is 122 cm³/mol. The smallest absolute Gasteiger partial charge is 0.264 e. The first-order chi connectivity index (χ1) is 14.4. The first-order valence-corrected chi connectivity index (χ1v) is 11.9. The van der Waals surface area contributed by atoms with E-state index in [9.17, 15) is 8.42 Å². The van der Waals surface area contributed by atoms with E-state index in [1.54, 1.807) is 0 Å². The summed E-state index contributed by atoms with van der Waals surface area (Å²) in [6.45, 7) is 0.322. The lowest BCUT2D eigenvalue weighted by Gasteiger charge is -2.25. The van der Waals surface area contributed by atoms with Crippen LogP contribution in [0.3, 0.4) is 0 Å². The molecule has 0 aliphatic heterocycles. The molecule has 0 bridgehead atoms. The Morgan fingerprint density at radius 2 is 1.67 bits per heavy atom. The summed E-state index contributed by atoms with van der Waals surface area (Å²) in [6.07, 6.45) is 2.60. The van der Waals surface area contributed by atoms with Crippen LogP contribution >= 0.6 is 15.9 Å². The second-order valence-electron chi connectivity index (χ2n) is 6.65. The molecule has 1 heterocycles. The molecule has 0 N–H and O–H groups in total. The van der Waals surface area contributed by atoms with Crippen LogP contribution in [-0.2, 0) is 17.1 Å². The number of sulfonamides is 1. The number of methoxy groups -OCH3 is 3. The standard InChI is InChI=1S/C21H25BrN2O5S/c1-23-11-8-15-12-16(6-7-18(15)23)24(10-5-9-22)30(25,26)17-13-19(27-2)21(29-4)20(14-17)28-3/h6-8,11-14H,5,9-10H2,1-4H3. The van der Waals surface area contributed by atoms with E-state index in [-0.39, 0.29) is 16.4 Å². The third-order valence-electron chi connectivity index (χ3n) is 4.88. The van der Waals surface area contributed by atoms with Crippen LogP contribution < -0.4 is 18.5 Å². The fourth-order valence-electron chi connectivity index (χ4n) is 3.35. The maximum Gasteiger partial charge on any atom is 0.264 e. The monoisotopic (exact) mass is 496 g/mol. The van der Waals surface area contributed by atoms with Crippen molar-refractivity contribution in [3.63, 3.8) is 0 Å². The van der Waals surface area contributed by atoms with Gasteiger partial charge in [0.05, 0.1) is 31.9 Å². The Balaban J connectivity index is 2.14. The van der Waals surface area contributed by atoms with Crippen molar-refractivity contribution >= 4 is 42.5 Å². The average Bonchev–Trinajstić information content (AvgIpc) is 3.12. The van der Waals surface area contributed by atoms with Gasteiger partial charge in [-0.3, -0.25) is 4.31 Å². The maximum absolute atomic E-state index is 13.7. The maximum atomic E-state index is 13.7. The molecule has 0 atom stereocenters. The molecular formula is C21H25BrN2O5S. The van der Waals surface area contributed by atoms with Crippen LogP contribution in [0.25, 0.3) is 10.9 Å². The summed E-state index contributed by atoms with van der Waals surface area (Å²) in [5.41, 5.74) is 1.63. The lowest BCUT2D eigenvalue weighted by Crippen LogP contribution is -2.32. The van der Waals surface area contributed by atoms with E-state index >= 15 is 0 Å². The molecule has 0 radical (unpaired) electrons. The molecule has 162 valence electrons. The Labute approximate surface area is 185 Å². The van der Waals surface area contributed by atoms with Gasteiger partial charge in [-0.2, -0.15) is 0 Å². The number of benzene rings is 2. The lowest BCUT2D eigenvalue weighted by molar-refractivity contribution is 0.323. The number of hydrogen-bond donors (Lipinski definition) is 0. The Kier molecular flexibility index (Phi) is 6.82. The quantitative estimate of drug-likeness (QED) is 0.415. The number of halogens is 1. The van der Waals surface area contributed by atoms with Crippen molar-refractivity contribution < 1.29 is 22.6 Å². The lowest BCUT2D eigenvalue weighted by atomic mass is 10.2. The molecular weight excluding hydrogens is 472 g/mol. The third-order valence-corrected chi connectivity index (χ3v) is 7.24. The van der Waals surface area contributed by atoms with E-state index in [1.807, 2.05) is 42.1 Å². The number of aromatic nitrogens is 1. The molecule has 0 aliphatic rings. The number of rotatable bonds is 9. The molecule has 30 heavy (non-hydrogen) atoms. The van der Waals surface area contributed by atoms with Gasteiger partial charge in [0, 0.05) is 48.2 Å². The van der Waals surface area contributed by atoms with Crippen LogP contribution in [-0.4, -0.2) is 46.2 Å². The number of nitrogens with zero attached hydrogens (tertiary/aromatic N) is 2. The summed E-state index contributed by atoms with van der Waals surface area (Å²) in [6, 6.07) is 10.5. The van der Waals surface area contributed by atoms with Crippen LogP contribution in [0.1, 0.15) is 6.42 Å². The largest absolute Gasteiger partial charge is 0.493 e. The first-order valence-electron chi connectivity index (χ1n) is 9.31. The fraction of sp³-hybridized carbons (Fsp3) is 0.333. The van der Waals surface area contributed by atoms with Crippen molar-refractivity contribution in [3.05, 3.63) is 42.6 Å². The molecule has 0 aliphatic carbocycles. The number of anilines is 1. The van der Waals surface area contributed by atoms with Crippen LogP contribution in [0, 0.1) is 0 Å². The van der Waals surface area contributed by atoms with Crippen molar-refractivity contribution in [2.75, 3.05) is 37.5 Å². The van der Waals surface area contributed by atoms with Gasteiger partial charge in [-0.1, -0.05) is 15.9 Å². The SMILES string of the molecule is COc1cc(S(=O)(=O)N(CCCBr)c2ccc3c(ccn3C)c2)cc(OC)c1OC. The summed E-state index contributed by atoms with van der Waals surface area (Å²) >= 11 is 3.40. The Morgan fingerprint density at radius 1 is 1.00 bits per heavy atom. The van der Waals surface area contributed by atoms with E-state index in [1.165, 1.54) is 37.8 Å². The summed E-state index contributed by atoms with van der Waals surface area (Å²) in [5, 5.41) is 1.65. The van der Waals surface area contributed by atoms with Crippen LogP contribution in [0.4, 0.5) is 5.69 Å². The third kappa shape index (κ3) is 4.09. The molecule has 0 saturated carbocycles. The Hall–Kier alpha value is -2.39. The number of fused-ring (bicyclic) bond motifs is 1. The molecule has 7 nitrogen and oxygen atoms in total. The number of hydrogen-bond acceptors (Lipinski definition) is 5. The van der Waals surface area contributed by atoms with Gasteiger partial charge in [0.2, 0.25) is 5.75 Å². The molecule has 3 aromatic rings. The van der Waals surface area contributed by atoms with Gasteiger partial charge in [0.15, 0.2) is 11.5 Å². The highest BCUT2D eigenvalue weighted by Gasteiger charge is 2.28. The second kappa shape index (κ2) is 9.18. The minimum Gasteiger partial charge on any atom is -0.493 e. The molecule has 0 spiro atoms. The van der Waals surface area contributed by atoms with Crippen molar-refractivity contribution in [3.8, 4) is 17.2 Å². The predicted octanol–water partition coefficient (Wildman–Crippen LogP) is 4.18. The molecule has 3 rings (SSSR count). The Bertz CT molecular complexity index is 1120. The summed E-state index contributed by atoms with van der Waals surface area (Å²) in [7, 11) is 2.46. The zero-order valence-corrected chi connectivity index (χ0v) is 19.8. The number of aryl methyl sites for hydroxylation is 1. The van der Waals surface area contributed by atoms with Crippen LogP contribution in [0.15, 0.2) is 47.5 Å². The highest BCUT2D eigenvalue weighted by molar-refractivity contribution is 9.09. The first kappa shape index (κ1) is 22.3. The van der Waals surface area contributed by atoms with E-state index in [0.29, 0.717) is 29.7 Å². The molecule has 9 heteroatoms. The molecule has 0 fully saturated rings. The van der Waals surface area contributed by atoms with Gasteiger partial charge >= 0.3 is 0 Å².